The smallest absolute Gasteiger partial charge is 0.252 e. The zero-order chi connectivity index (χ0) is 54.7. The fraction of sp³-hybridized carbons (Fsp3) is 0. The van der Waals surface area contributed by atoms with Crippen LogP contribution in [0.1, 0.15) is 0 Å². The van der Waals surface area contributed by atoms with Crippen LogP contribution >= 0.6 is 0 Å². The minimum Gasteiger partial charge on any atom is -0.311 e. The van der Waals surface area contributed by atoms with Gasteiger partial charge in [-0.2, -0.15) is 0 Å². The van der Waals surface area contributed by atoms with Crippen molar-refractivity contribution in [2.75, 3.05) is 9.80 Å². The van der Waals surface area contributed by atoms with Gasteiger partial charge in [0, 0.05) is 67.0 Å². The number of aromatic nitrogens is 2. The van der Waals surface area contributed by atoms with Gasteiger partial charge in [-0.1, -0.05) is 224 Å². The molecule has 0 saturated heterocycles. The van der Waals surface area contributed by atoms with E-state index >= 15 is 0 Å². The van der Waals surface area contributed by atoms with Crippen molar-refractivity contribution in [3.63, 3.8) is 0 Å². The van der Waals surface area contributed by atoms with Gasteiger partial charge in [0.2, 0.25) is 0 Å². The van der Waals surface area contributed by atoms with Crippen molar-refractivity contribution in [2.24, 2.45) is 0 Å². The molecule has 4 aliphatic heterocycles. The lowest BCUT2D eigenvalue weighted by molar-refractivity contribution is 1.17. The predicted octanol–water partition coefficient (Wildman–Crippen LogP) is 16.0. The lowest BCUT2D eigenvalue weighted by Gasteiger charge is -2.44. The number of hydrogen-bond acceptors (Lipinski definition) is 2. The van der Waals surface area contributed by atoms with Crippen molar-refractivity contribution in [3.05, 3.63) is 291 Å². The lowest BCUT2D eigenvalue weighted by Crippen LogP contribution is -2.64. The highest BCUT2D eigenvalue weighted by Crippen LogP contribution is 2.47. The maximum Gasteiger partial charge on any atom is 0.252 e. The normalized spacial score (nSPS) is 13.1. The molecule has 4 aliphatic rings. The Morgan fingerprint density at radius 1 is 0.202 bits per heavy atom. The topological polar surface area (TPSA) is 16.3 Å². The zero-order valence-corrected chi connectivity index (χ0v) is 45.7. The van der Waals surface area contributed by atoms with E-state index in [4.69, 9.17) is 0 Å². The summed E-state index contributed by atoms with van der Waals surface area (Å²) in [5.41, 5.74) is 21.9. The summed E-state index contributed by atoms with van der Waals surface area (Å²) in [7, 11) is 0. The molecule has 6 heterocycles. The van der Waals surface area contributed by atoms with Crippen LogP contribution in [0, 0.1) is 0 Å². The minimum atomic E-state index is -0.135. The first-order valence-corrected chi connectivity index (χ1v) is 29.3. The van der Waals surface area contributed by atoms with Gasteiger partial charge in [-0.3, -0.25) is 0 Å². The fourth-order valence-electron chi connectivity index (χ4n) is 15.7. The van der Waals surface area contributed by atoms with E-state index in [9.17, 15) is 0 Å². The third kappa shape index (κ3) is 6.13. The molecule has 19 rings (SSSR count). The monoisotopic (exact) mass is 1060 g/mol. The number of hydrogen-bond donors (Lipinski definition) is 0. The van der Waals surface area contributed by atoms with Crippen LogP contribution in [0.3, 0.4) is 0 Å². The van der Waals surface area contributed by atoms with Crippen molar-refractivity contribution < 1.29 is 0 Å². The number of rotatable bonds is 2. The van der Waals surface area contributed by atoms with E-state index in [2.05, 4.69) is 310 Å². The maximum absolute atomic E-state index is 2.66. The summed E-state index contributed by atoms with van der Waals surface area (Å²) in [5, 5.41) is 14.6. The molecule has 0 unspecified atom stereocenters. The molecule has 4 nitrogen and oxygen atoms in total. The number of para-hydroxylation sites is 6. The molecular weight excluding hydrogens is 1010 g/mol. The van der Waals surface area contributed by atoms with Gasteiger partial charge in [0.05, 0.1) is 22.1 Å². The molecule has 0 spiro atoms. The Hall–Kier alpha value is -10.8. The number of nitrogens with zero attached hydrogens (tertiary/aromatic N) is 4. The number of benzene rings is 13. The molecule has 0 bridgehead atoms. The van der Waals surface area contributed by atoms with Crippen molar-refractivity contribution in [2.45, 2.75) is 0 Å². The Labute approximate surface area is 485 Å². The fourth-order valence-corrected chi connectivity index (χ4v) is 15.7. The van der Waals surface area contributed by atoms with Crippen LogP contribution in [0.25, 0.3) is 98.1 Å². The summed E-state index contributed by atoms with van der Waals surface area (Å²) < 4.78 is 5.24. The predicted molar refractivity (Wildman–Crippen MR) is 359 cm³/mol. The van der Waals surface area contributed by atoms with Gasteiger partial charge in [-0.25, -0.2) is 0 Å². The number of anilines is 6. The Kier molecular flexibility index (Phi) is 9.48. The summed E-state index contributed by atoms with van der Waals surface area (Å²) >= 11 is 0. The Balaban J connectivity index is 1.02. The van der Waals surface area contributed by atoms with Crippen LogP contribution in [0.15, 0.2) is 291 Å². The first-order valence-electron chi connectivity index (χ1n) is 29.3. The quantitative estimate of drug-likeness (QED) is 0.160. The van der Waals surface area contributed by atoms with Gasteiger partial charge < -0.3 is 18.9 Å². The van der Waals surface area contributed by atoms with Gasteiger partial charge in [0.25, 0.3) is 13.4 Å². The molecular formula is C78H48B2N4. The third-order valence-electron chi connectivity index (χ3n) is 18.9. The van der Waals surface area contributed by atoms with Crippen LogP contribution in [-0.2, 0) is 0 Å². The van der Waals surface area contributed by atoms with Crippen molar-refractivity contribution in [1.29, 1.82) is 0 Å². The Bertz CT molecular complexity index is 5210. The molecule has 6 heteroatoms. The molecule has 0 atom stereocenters. The molecule has 15 aromatic rings. The second-order valence-corrected chi connectivity index (χ2v) is 23.0. The van der Waals surface area contributed by atoms with Crippen LogP contribution in [0.4, 0.5) is 34.1 Å². The summed E-state index contributed by atoms with van der Waals surface area (Å²) in [6, 6.07) is 110. The maximum atomic E-state index is 2.66. The zero-order valence-electron chi connectivity index (χ0n) is 45.7. The molecule has 84 heavy (non-hydrogen) atoms. The second-order valence-electron chi connectivity index (χ2n) is 23.0. The van der Waals surface area contributed by atoms with E-state index in [1.807, 2.05) is 0 Å². The summed E-state index contributed by atoms with van der Waals surface area (Å²) in [6.07, 6.45) is 0. The van der Waals surface area contributed by atoms with E-state index in [1.54, 1.807) is 0 Å². The van der Waals surface area contributed by atoms with E-state index in [0.29, 0.717) is 0 Å². The summed E-state index contributed by atoms with van der Waals surface area (Å²) in [5.74, 6) is 0. The van der Waals surface area contributed by atoms with E-state index in [1.165, 1.54) is 143 Å². The Morgan fingerprint density at radius 3 is 0.905 bits per heavy atom. The van der Waals surface area contributed by atoms with E-state index in [-0.39, 0.29) is 13.4 Å². The van der Waals surface area contributed by atoms with Crippen LogP contribution in [-0.4, -0.2) is 22.6 Å². The Morgan fingerprint density at radius 2 is 0.512 bits per heavy atom. The summed E-state index contributed by atoms with van der Waals surface area (Å²) in [6.45, 7) is -0.270. The van der Waals surface area contributed by atoms with Gasteiger partial charge in [0.15, 0.2) is 0 Å². The second kappa shape index (κ2) is 17.4. The first-order chi connectivity index (χ1) is 41.8. The molecule has 0 N–H and O–H groups in total. The van der Waals surface area contributed by atoms with Crippen LogP contribution in [0.2, 0.25) is 0 Å². The molecule has 0 radical (unpaired) electrons. The largest absolute Gasteiger partial charge is 0.311 e. The molecule has 0 saturated carbocycles. The van der Waals surface area contributed by atoms with Crippen molar-refractivity contribution in [1.82, 2.24) is 9.13 Å². The van der Waals surface area contributed by atoms with Gasteiger partial charge in [0.1, 0.15) is 0 Å². The minimum absolute atomic E-state index is 0.135. The van der Waals surface area contributed by atoms with Gasteiger partial charge in [-0.05, 0) is 143 Å². The molecule has 0 amide bonds. The molecule has 0 fully saturated rings. The van der Waals surface area contributed by atoms with E-state index in [0.717, 1.165) is 22.4 Å². The average molecular weight is 1060 g/mol. The van der Waals surface area contributed by atoms with Crippen LogP contribution < -0.4 is 42.6 Å². The van der Waals surface area contributed by atoms with Crippen LogP contribution in [0.5, 0.6) is 0 Å². The van der Waals surface area contributed by atoms with Crippen molar-refractivity contribution in [3.8, 4) is 11.4 Å². The highest BCUT2D eigenvalue weighted by atomic mass is 15.2. The third-order valence-corrected chi connectivity index (χ3v) is 18.9. The highest BCUT2D eigenvalue weighted by molar-refractivity contribution is 7.03. The molecule has 0 aliphatic carbocycles. The highest BCUT2D eigenvalue weighted by Gasteiger charge is 2.46. The SMILES string of the molecule is c1ccc(N2c3cc4c(cc3B3c5ccccc5-n5c6ccccc6c6ccccc6c6ccccc6c6ccc2c3c65)B2c3ccccc3-n3c5ccccc5c5ccccc5c5ccccc5c5ccc(c2c53)N4c2ccccc2)cc1. The van der Waals surface area contributed by atoms with Crippen molar-refractivity contribution >= 4 is 167 Å². The molecule has 2 aromatic heterocycles. The van der Waals surface area contributed by atoms with E-state index < -0.39 is 0 Å². The first kappa shape index (κ1) is 45.9. The summed E-state index contributed by atoms with van der Waals surface area (Å²) in [4.78, 5) is 5.16. The number of fused-ring (bicyclic) bond motifs is 24. The standard InChI is InChI=1S/C78H48B2N4/c1-3-23-49(24-4-1)81-71-45-43-61-57-33-13-9-29-53(57)51-27-7-11-31-55(51)59-35-15-19-39-67(59)83-69-41-21-17-37-63(69)79(75(71)77(61)83)65-47-66-74(48-73(65)81)82(50-25-5-2-6-26-50)72-46-44-62-58-34-14-10-30-54(58)52-28-8-12-32-56(52)60-36-16-20-40-68(60)84-70-42-22-18-38-64(70)80(66)76(72)78(62)84/h1-48H. The lowest BCUT2D eigenvalue weighted by atomic mass is 9.30. The average Bonchev–Trinajstić information content (AvgIpc) is 1.17. The van der Waals surface area contributed by atoms with Gasteiger partial charge in [-0.15, -0.1) is 0 Å². The molecule has 13 aromatic carbocycles. The molecule has 386 valence electrons. The van der Waals surface area contributed by atoms with Gasteiger partial charge >= 0.3 is 0 Å².